The first-order valence-corrected chi connectivity index (χ1v) is 9.53. The number of hydrogen-bond acceptors (Lipinski definition) is 4. The van der Waals surface area contributed by atoms with E-state index >= 15 is 0 Å². The number of rotatable bonds is 5. The molecule has 2 aliphatic heterocycles. The second-order valence-electron chi connectivity index (χ2n) is 6.65. The van der Waals surface area contributed by atoms with E-state index < -0.39 is 0 Å². The Bertz CT molecular complexity index is 497. The number of nitrogens with zero attached hydrogens (tertiary/aromatic N) is 2. The minimum absolute atomic E-state index is 0.835. The highest BCUT2D eigenvalue weighted by atomic mass is 79.9. The van der Waals surface area contributed by atoms with E-state index in [1.807, 2.05) is 0 Å². The van der Waals surface area contributed by atoms with Crippen molar-refractivity contribution >= 4 is 21.6 Å². The summed E-state index contributed by atoms with van der Waals surface area (Å²) in [4.78, 5) is 5.08. The molecule has 0 spiro atoms. The van der Waals surface area contributed by atoms with Crippen LogP contribution in [0.15, 0.2) is 22.7 Å². The Morgan fingerprint density at radius 3 is 2.61 bits per heavy atom. The van der Waals surface area contributed by atoms with Gasteiger partial charge in [0.05, 0.1) is 13.2 Å². The van der Waals surface area contributed by atoms with E-state index in [4.69, 9.17) is 4.74 Å². The molecule has 0 amide bonds. The molecule has 0 atom stereocenters. The first-order chi connectivity index (χ1) is 11.3. The molecular formula is C18H28BrN3O. The normalized spacial score (nSPS) is 20.9. The number of nitrogens with one attached hydrogen (secondary N) is 1. The van der Waals surface area contributed by atoms with E-state index in [9.17, 15) is 0 Å². The molecule has 128 valence electrons. The fraction of sp³-hybridized carbons (Fsp3) is 0.667. The average molecular weight is 382 g/mol. The lowest BCUT2D eigenvalue weighted by Gasteiger charge is -2.35. The predicted octanol–water partition coefficient (Wildman–Crippen LogP) is 2.72. The number of ether oxygens (including phenoxy) is 1. The first-order valence-electron chi connectivity index (χ1n) is 8.74. The molecule has 23 heavy (non-hydrogen) atoms. The van der Waals surface area contributed by atoms with Crippen molar-refractivity contribution in [3.05, 3.63) is 28.2 Å². The summed E-state index contributed by atoms with van der Waals surface area (Å²) in [6.07, 6.45) is 2.62. The zero-order valence-electron chi connectivity index (χ0n) is 14.1. The van der Waals surface area contributed by atoms with Crippen LogP contribution in [0.4, 0.5) is 5.69 Å². The molecule has 2 saturated heterocycles. The molecule has 2 heterocycles. The molecule has 0 bridgehead atoms. The van der Waals surface area contributed by atoms with Crippen molar-refractivity contribution in [3.63, 3.8) is 0 Å². The molecule has 0 unspecified atom stereocenters. The van der Waals surface area contributed by atoms with E-state index in [0.717, 1.165) is 49.8 Å². The summed E-state index contributed by atoms with van der Waals surface area (Å²) in [6.45, 7) is 8.30. The molecule has 0 aliphatic carbocycles. The highest BCUT2D eigenvalue weighted by Gasteiger charge is 2.21. The lowest BCUT2D eigenvalue weighted by Crippen LogP contribution is -2.38. The van der Waals surface area contributed by atoms with Crippen molar-refractivity contribution in [2.75, 3.05) is 57.9 Å². The van der Waals surface area contributed by atoms with Crippen LogP contribution in [0.3, 0.4) is 0 Å². The van der Waals surface area contributed by atoms with Crippen LogP contribution in [0.5, 0.6) is 0 Å². The van der Waals surface area contributed by atoms with Gasteiger partial charge in [-0.2, -0.15) is 0 Å². The molecule has 1 N–H and O–H groups in total. The summed E-state index contributed by atoms with van der Waals surface area (Å²) in [5.74, 6) is 0.847. The van der Waals surface area contributed by atoms with Crippen LogP contribution >= 0.6 is 15.9 Å². The largest absolute Gasteiger partial charge is 0.378 e. The van der Waals surface area contributed by atoms with Crippen LogP contribution < -0.4 is 10.2 Å². The maximum absolute atomic E-state index is 5.51. The van der Waals surface area contributed by atoms with E-state index in [-0.39, 0.29) is 0 Å². The standard InChI is InChI=1S/C18H28BrN3O/c1-20-13-15-4-6-21(7-5-15)14-16-2-3-17(19)12-18(16)22-8-10-23-11-9-22/h2-3,12,15,20H,4-11,13-14H2,1H3. The summed E-state index contributed by atoms with van der Waals surface area (Å²) in [5, 5.41) is 3.32. The molecule has 2 fully saturated rings. The van der Waals surface area contributed by atoms with Crippen molar-refractivity contribution in [3.8, 4) is 0 Å². The van der Waals surface area contributed by atoms with Crippen LogP contribution in [-0.2, 0) is 11.3 Å². The Morgan fingerprint density at radius 1 is 1.17 bits per heavy atom. The second-order valence-corrected chi connectivity index (χ2v) is 7.57. The molecule has 3 rings (SSSR count). The number of likely N-dealkylation sites (tertiary alicyclic amines) is 1. The molecular weight excluding hydrogens is 354 g/mol. The SMILES string of the molecule is CNCC1CCN(Cc2ccc(Br)cc2N2CCOCC2)CC1. The van der Waals surface area contributed by atoms with Crippen LogP contribution in [0.25, 0.3) is 0 Å². The monoisotopic (exact) mass is 381 g/mol. The molecule has 1 aromatic rings. The zero-order valence-corrected chi connectivity index (χ0v) is 15.6. The van der Waals surface area contributed by atoms with Gasteiger partial charge in [0, 0.05) is 29.8 Å². The second kappa shape index (κ2) is 8.47. The number of hydrogen-bond donors (Lipinski definition) is 1. The highest BCUT2D eigenvalue weighted by molar-refractivity contribution is 9.10. The summed E-state index contributed by atoms with van der Waals surface area (Å²) in [6, 6.07) is 6.73. The summed E-state index contributed by atoms with van der Waals surface area (Å²) < 4.78 is 6.67. The molecule has 0 radical (unpaired) electrons. The van der Waals surface area contributed by atoms with Crippen molar-refractivity contribution in [2.45, 2.75) is 19.4 Å². The molecule has 1 aromatic carbocycles. The van der Waals surface area contributed by atoms with Crippen molar-refractivity contribution in [1.82, 2.24) is 10.2 Å². The third-order valence-electron chi connectivity index (χ3n) is 4.99. The Morgan fingerprint density at radius 2 is 1.91 bits per heavy atom. The number of benzene rings is 1. The fourth-order valence-corrected chi connectivity index (χ4v) is 4.00. The third-order valence-corrected chi connectivity index (χ3v) is 5.49. The van der Waals surface area contributed by atoms with Gasteiger partial charge in [0.1, 0.15) is 0 Å². The minimum Gasteiger partial charge on any atom is -0.378 e. The van der Waals surface area contributed by atoms with E-state index in [1.54, 1.807) is 0 Å². The van der Waals surface area contributed by atoms with Gasteiger partial charge in [0.25, 0.3) is 0 Å². The molecule has 0 aromatic heterocycles. The van der Waals surface area contributed by atoms with E-state index in [1.165, 1.54) is 37.2 Å². The van der Waals surface area contributed by atoms with E-state index in [2.05, 4.69) is 56.3 Å². The molecule has 4 nitrogen and oxygen atoms in total. The molecule has 5 heteroatoms. The summed E-state index contributed by atoms with van der Waals surface area (Å²) >= 11 is 3.63. The topological polar surface area (TPSA) is 27.7 Å². The van der Waals surface area contributed by atoms with Gasteiger partial charge in [-0.1, -0.05) is 22.0 Å². The van der Waals surface area contributed by atoms with Crippen molar-refractivity contribution in [2.24, 2.45) is 5.92 Å². The quantitative estimate of drug-likeness (QED) is 0.848. The number of anilines is 1. The maximum Gasteiger partial charge on any atom is 0.0642 e. The summed E-state index contributed by atoms with van der Waals surface area (Å²) in [5.41, 5.74) is 2.82. The lowest BCUT2D eigenvalue weighted by atomic mass is 9.96. The Kier molecular flexibility index (Phi) is 6.34. The maximum atomic E-state index is 5.51. The summed E-state index contributed by atoms with van der Waals surface area (Å²) in [7, 11) is 2.06. The zero-order chi connectivity index (χ0) is 16.1. The number of morpholine rings is 1. The average Bonchev–Trinajstić information content (AvgIpc) is 2.59. The lowest BCUT2D eigenvalue weighted by molar-refractivity contribution is 0.122. The van der Waals surface area contributed by atoms with Gasteiger partial charge < -0.3 is 15.0 Å². The van der Waals surface area contributed by atoms with E-state index in [0.29, 0.717) is 0 Å². The Labute approximate surface area is 148 Å². The van der Waals surface area contributed by atoms with Crippen LogP contribution in [-0.4, -0.2) is 57.9 Å². The predicted molar refractivity (Wildman–Crippen MR) is 99.1 cm³/mol. The fourth-order valence-electron chi connectivity index (χ4n) is 3.65. The first kappa shape index (κ1) is 17.2. The van der Waals surface area contributed by atoms with Crippen molar-refractivity contribution in [1.29, 1.82) is 0 Å². The van der Waals surface area contributed by atoms with Gasteiger partial charge in [0.15, 0.2) is 0 Å². The van der Waals surface area contributed by atoms with Crippen LogP contribution in [0.2, 0.25) is 0 Å². The van der Waals surface area contributed by atoms with Crippen molar-refractivity contribution < 1.29 is 4.74 Å². The van der Waals surface area contributed by atoms with Gasteiger partial charge in [-0.3, -0.25) is 4.90 Å². The Hall–Kier alpha value is -0.620. The number of halogens is 1. The van der Waals surface area contributed by atoms with Gasteiger partial charge >= 0.3 is 0 Å². The molecule has 0 saturated carbocycles. The van der Waals surface area contributed by atoms with Crippen LogP contribution in [0, 0.1) is 5.92 Å². The smallest absolute Gasteiger partial charge is 0.0642 e. The van der Waals surface area contributed by atoms with Gasteiger partial charge in [-0.25, -0.2) is 0 Å². The minimum atomic E-state index is 0.835. The third kappa shape index (κ3) is 4.69. The van der Waals surface area contributed by atoms with Gasteiger partial charge in [0.2, 0.25) is 0 Å². The van der Waals surface area contributed by atoms with Crippen LogP contribution in [0.1, 0.15) is 18.4 Å². The molecule has 2 aliphatic rings. The highest BCUT2D eigenvalue weighted by Crippen LogP contribution is 2.28. The van der Waals surface area contributed by atoms with Gasteiger partial charge in [-0.05, 0) is 63.1 Å². The number of piperidine rings is 1. The Balaban J connectivity index is 1.65. The van der Waals surface area contributed by atoms with Gasteiger partial charge in [-0.15, -0.1) is 0 Å².